The smallest absolute Gasteiger partial charge is 0.279 e. The molecule has 1 saturated heterocycles. The molecule has 0 aromatic rings. The van der Waals surface area contributed by atoms with E-state index in [1.165, 1.54) is 0 Å². The first-order chi connectivity index (χ1) is 12.4. The van der Waals surface area contributed by atoms with E-state index < -0.39 is 0 Å². The second kappa shape index (κ2) is 9.36. The monoisotopic (exact) mass is 377 g/mol. The molecule has 1 fully saturated rings. The Morgan fingerprint density at radius 1 is 1.15 bits per heavy atom. The summed E-state index contributed by atoms with van der Waals surface area (Å²) in [5, 5.41) is 3.05. The summed E-state index contributed by atoms with van der Waals surface area (Å²) >= 11 is 0. The van der Waals surface area contributed by atoms with Crippen LogP contribution in [0.2, 0.25) is 0 Å². The maximum Gasteiger partial charge on any atom is 0.279 e. The summed E-state index contributed by atoms with van der Waals surface area (Å²) in [7, 11) is 1.57. The van der Waals surface area contributed by atoms with Crippen LogP contribution >= 0.6 is 0 Å². The van der Waals surface area contributed by atoms with Gasteiger partial charge in [-0.3, -0.25) is 9.59 Å². The standard InChI is InChI=1S/C22H36N2O3/c1-9-16(2)21(18(4)19(5)27-8)23-20(26)15-24(14-17(3)25)12-10-22(6,7)11-13-24/h9H,5,10-15H2,1-4,6-8H3/p+1/b16-9-,21-18-. The topological polar surface area (TPSA) is 55.4 Å². The number of amides is 1. The van der Waals surface area contributed by atoms with Gasteiger partial charge in [-0.25, -0.2) is 0 Å². The first-order valence-corrected chi connectivity index (χ1v) is 9.67. The highest BCUT2D eigenvalue weighted by molar-refractivity contribution is 5.81. The summed E-state index contributed by atoms with van der Waals surface area (Å²) in [4.78, 5) is 24.8. The van der Waals surface area contributed by atoms with Gasteiger partial charge in [0.25, 0.3) is 5.91 Å². The lowest BCUT2D eigenvalue weighted by Crippen LogP contribution is -2.60. The van der Waals surface area contributed by atoms with Crippen molar-refractivity contribution in [3.8, 4) is 0 Å². The quantitative estimate of drug-likeness (QED) is 0.398. The Morgan fingerprint density at radius 3 is 2.15 bits per heavy atom. The predicted octanol–water partition coefficient (Wildman–Crippen LogP) is 3.73. The van der Waals surface area contributed by atoms with Gasteiger partial charge in [0.1, 0.15) is 12.3 Å². The Bertz CT molecular complexity index is 646. The molecule has 0 unspecified atom stereocenters. The Balaban J connectivity index is 3.04. The molecule has 5 heteroatoms. The summed E-state index contributed by atoms with van der Waals surface area (Å²) in [6.07, 6.45) is 3.98. The number of quaternary nitrogens is 1. The molecular formula is C22H37N2O3+. The number of piperidine rings is 1. The highest BCUT2D eigenvalue weighted by Gasteiger charge is 2.39. The molecule has 1 amide bonds. The minimum absolute atomic E-state index is 0.0737. The summed E-state index contributed by atoms with van der Waals surface area (Å²) in [6.45, 7) is 18.2. The number of likely N-dealkylation sites (tertiary alicyclic amines) is 1. The van der Waals surface area contributed by atoms with E-state index in [1.54, 1.807) is 14.0 Å². The number of methoxy groups -OCH3 is 1. The Kier molecular flexibility index (Phi) is 8.03. The molecule has 0 radical (unpaired) electrons. The van der Waals surface area contributed by atoms with Crippen molar-refractivity contribution in [1.29, 1.82) is 0 Å². The predicted molar refractivity (Wildman–Crippen MR) is 110 cm³/mol. The molecule has 1 aliphatic heterocycles. The minimum Gasteiger partial charge on any atom is -0.497 e. The zero-order valence-electron chi connectivity index (χ0n) is 18.2. The fourth-order valence-corrected chi connectivity index (χ4v) is 3.57. The highest BCUT2D eigenvalue weighted by Crippen LogP contribution is 2.33. The van der Waals surface area contributed by atoms with Crippen LogP contribution in [0.15, 0.2) is 35.3 Å². The van der Waals surface area contributed by atoms with Gasteiger partial charge in [0.05, 0.1) is 25.9 Å². The van der Waals surface area contributed by atoms with E-state index in [0.717, 1.165) is 42.8 Å². The fraction of sp³-hybridized carbons (Fsp3) is 0.636. The zero-order chi connectivity index (χ0) is 20.8. The van der Waals surface area contributed by atoms with Crippen molar-refractivity contribution in [2.75, 3.05) is 33.3 Å². The van der Waals surface area contributed by atoms with E-state index in [-0.39, 0.29) is 17.1 Å². The summed E-state index contributed by atoms with van der Waals surface area (Å²) in [6, 6.07) is 0. The van der Waals surface area contributed by atoms with Crippen LogP contribution in [0.5, 0.6) is 0 Å². The van der Waals surface area contributed by atoms with Crippen LogP contribution in [0, 0.1) is 5.41 Å². The Morgan fingerprint density at radius 2 is 1.70 bits per heavy atom. The van der Waals surface area contributed by atoms with Gasteiger partial charge in [-0.2, -0.15) is 0 Å². The molecule has 27 heavy (non-hydrogen) atoms. The number of hydrogen-bond donors (Lipinski definition) is 1. The Labute approximate surface area is 164 Å². The third-order valence-corrected chi connectivity index (χ3v) is 5.69. The van der Waals surface area contributed by atoms with Crippen molar-refractivity contribution >= 4 is 11.7 Å². The maximum atomic E-state index is 12.9. The molecular weight excluding hydrogens is 340 g/mol. The normalized spacial score (nSPS) is 19.7. The fourth-order valence-electron chi connectivity index (χ4n) is 3.57. The largest absolute Gasteiger partial charge is 0.497 e. The minimum atomic E-state index is -0.0737. The van der Waals surface area contributed by atoms with Crippen LogP contribution in [0.25, 0.3) is 0 Å². The van der Waals surface area contributed by atoms with Crippen molar-refractivity contribution in [2.45, 2.75) is 54.4 Å². The molecule has 152 valence electrons. The maximum absolute atomic E-state index is 12.9. The lowest BCUT2D eigenvalue weighted by Gasteiger charge is -2.45. The Hall–Kier alpha value is -1.88. The van der Waals surface area contributed by atoms with Crippen molar-refractivity contribution in [1.82, 2.24) is 5.32 Å². The van der Waals surface area contributed by atoms with E-state index in [1.807, 2.05) is 26.8 Å². The number of hydrogen-bond acceptors (Lipinski definition) is 3. The van der Waals surface area contributed by atoms with Crippen LogP contribution < -0.4 is 5.32 Å². The molecule has 1 aliphatic rings. The highest BCUT2D eigenvalue weighted by atomic mass is 16.5. The van der Waals surface area contributed by atoms with E-state index in [4.69, 9.17) is 4.74 Å². The van der Waals surface area contributed by atoms with Crippen LogP contribution in [0.3, 0.4) is 0 Å². The molecule has 1 heterocycles. The summed E-state index contributed by atoms with van der Waals surface area (Å²) in [5.74, 6) is 0.584. The molecule has 0 bridgehead atoms. The van der Waals surface area contributed by atoms with E-state index in [9.17, 15) is 9.59 Å². The average molecular weight is 378 g/mol. The van der Waals surface area contributed by atoms with Gasteiger partial charge in [-0.05, 0) is 31.8 Å². The molecule has 0 spiro atoms. The SMILES string of the molecule is C=C(OC)/C(C)=C(NC(=O)C[N+]1(CC(C)=O)CCC(C)(C)CC1)/C(C)=C\C. The molecule has 5 nitrogen and oxygen atoms in total. The number of nitrogens with zero attached hydrogens (tertiary/aromatic N) is 1. The van der Waals surface area contributed by atoms with Crippen molar-refractivity contribution in [2.24, 2.45) is 5.41 Å². The second-order valence-corrected chi connectivity index (χ2v) is 8.62. The van der Waals surface area contributed by atoms with Crippen molar-refractivity contribution in [3.63, 3.8) is 0 Å². The number of carbonyl (C=O) groups excluding carboxylic acids is 2. The van der Waals surface area contributed by atoms with Gasteiger partial charge < -0.3 is 14.5 Å². The number of nitrogens with one attached hydrogen (secondary N) is 1. The van der Waals surface area contributed by atoms with Crippen LogP contribution in [-0.2, 0) is 14.3 Å². The third kappa shape index (κ3) is 6.65. The summed E-state index contributed by atoms with van der Waals surface area (Å²) < 4.78 is 5.77. The number of rotatable bonds is 8. The number of Topliss-reactive ketones (excluding diaryl/α,β-unsaturated/α-hetero) is 1. The lowest BCUT2D eigenvalue weighted by molar-refractivity contribution is -0.920. The van der Waals surface area contributed by atoms with Crippen molar-refractivity contribution < 1.29 is 18.8 Å². The van der Waals surface area contributed by atoms with Crippen LogP contribution in [-0.4, -0.2) is 49.5 Å². The lowest BCUT2D eigenvalue weighted by atomic mass is 9.81. The van der Waals surface area contributed by atoms with E-state index in [0.29, 0.717) is 23.3 Å². The van der Waals surface area contributed by atoms with Gasteiger partial charge >= 0.3 is 0 Å². The van der Waals surface area contributed by atoms with Gasteiger partial charge in [0.15, 0.2) is 12.3 Å². The number of allylic oxidation sites excluding steroid dienone is 3. The van der Waals surface area contributed by atoms with Gasteiger partial charge in [-0.1, -0.05) is 26.5 Å². The molecule has 0 saturated carbocycles. The van der Waals surface area contributed by atoms with E-state index in [2.05, 4.69) is 25.7 Å². The number of carbonyl (C=O) groups is 2. The van der Waals surface area contributed by atoms with Crippen LogP contribution in [0.4, 0.5) is 0 Å². The second-order valence-electron chi connectivity index (χ2n) is 8.62. The molecule has 0 atom stereocenters. The van der Waals surface area contributed by atoms with Crippen molar-refractivity contribution in [3.05, 3.63) is 35.3 Å². The van der Waals surface area contributed by atoms with Gasteiger partial charge in [0.2, 0.25) is 0 Å². The number of ether oxygens (including phenoxy) is 1. The molecule has 0 aromatic carbocycles. The van der Waals surface area contributed by atoms with Crippen LogP contribution in [0.1, 0.15) is 54.4 Å². The molecule has 0 aromatic heterocycles. The zero-order valence-corrected chi connectivity index (χ0v) is 18.2. The molecule has 0 aliphatic carbocycles. The van der Waals surface area contributed by atoms with Gasteiger partial charge in [-0.15, -0.1) is 0 Å². The number of ketones is 1. The van der Waals surface area contributed by atoms with Gasteiger partial charge in [0, 0.05) is 25.3 Å². The average Bonchev–Trinajstić information content (AvgIpc) is 2.60. The van der Waals surface area contributed by atoms with E-state index >= 15 is 0 Å². The molecule has 1 N–H and O–H groups in total. The molecule has 1 rings (SSSR count). The summed E-state index contributed by atoms with van der Waals surface area (Å²) in [5.41, 5.74) is 2.76. The first kappa shape index (κ1) is 23.2. The third-order valence-electron chi connectivity index (χ3n) is 5.69. The first-order valence-electron chi connectivity index (χ1n) is 9.67.